The van der Waals surface area contributed by atoms with Crippen LogP contribution in [0.4, 0.5) is 18.9 Å². The van der Waals surface area contributed by atoms with Crippen molar-refractivity contribution in [3.63, 3.8) is 0 Å². The Morgan fingerprint density at radius 1 is 1.28 bits per heavy atom. The zero-order valence-corrected chi connectivity index (χ0v) is 17.9. The predicted molar refractivity (Wildman–Crippen MR) is 109 cm³/mol. The van der Waals surface area contributed by atoms with Crippen LogP contribution >= 0.6 is 27.5 Å². The Bertz CT molecular complexity index is 1050. The SMILES string of the molecule is CS(=O)(=O)N(CC(=O)N/N=C\c1cccc(Br)c1)c1cc(C(F)(F)F)ccc1Cl. The van der Waals surface area contributed by atoms with Crippen LogP contribution in [0, 0.1) is 0 Å². The van der Waals surface area contributed by atoms with Gasteiger partial charge in [0.1, 0.15) is 6.54 Å². The number of hydrogen-bond acceptors (Lipinski definition) is 4. The molecule has 0 spiro atoms. The first-order chi connectivity index (χ1) is 13.4. The molecule has 0 radical (unpaired) electrons. The van der Waals surface area contributed by atoms with Crippen molar-refractivity contribution in [2.24, 2.45) is 5.10 Å². The average molecular weight is 513 g/mol. The topological polar surface area (TPSA) is 78.8 Å². The highest BCUT2D eigenvalue weighted by molar-refractivity contribution is 9.10. The first-order valence-electron chi connectivity index (χ1n) is 7.80. The van der Waals surface area contributed by atoms with Crippen molar-refractivity contribution < 1.29 is 26.4 Å². The average Bonchev–Trinajstić information content (AvgIpc) is 2.58. The van der Waals surface area contributed by atoms with Gasteiger partial charge < -0.3 is 0 Å². The molecule has 1 amide bonds. The largest absolute Gasteiger partial charge is 0.416 e. The van der Waals surface area contributed by atoms with Gasteiger partial charge in [-0.3, -0.25) is 9.10 Å². The summed E-state index contributed by atoms with van der Waals surface area (Å²) in [6, 6.07) is 9.18. The van der Waals surface area contributed by atoms with Gasteiger partial charge in [-0.15, -0.1) is 0 Å². The Balaban J connectivity index is 2.23. The number of carbonyl (C=O) groups excluding carboxylic acids is 1. The number of carbonyl (C=O) groups is 1. The van der Waals surface area contributed by atoms with E-state index >= 15 is 0 Å². The number of anilines is 1. The molecule has 0 aliphatic heterocycles. The number of alkyl halides is 3. The smallest absolute Gasteiger partial charge is 0.271 e. The normalized spacial score (nSPS) is 12.2. The quantitative estimate of drug-likeness (QED) is 0.469. The highest BCUT2D eigenvalue weighted by Gasteiger charge is 2.33. The first kappa shape index (κ1) is 23.2. The van der Waals surface area contributed by atoms with Gasteiger partial charge in [0.25, 0.3) is 5.91 Å². The summed E-state index contributed by atoms with van der Waals surface area (Å²) in [5.41, 5.74) is 1.22. The summed E-state index contributed by atoms with van der Waals surface area (Å²) in [4.78, 5) is 12.1. The molecule has 0 aromatic heterocycles. The standard InChI is InChI=1S/C17H14BrClF3N3O3S/c1-29(27,28)25(15-8-12(17(20,21)22)5-6-14(15)19)10-16(26)24-23-9-11-3-2-4-13(18)7-11/h2-9H,10H2,1H3,(H,24,26)/b23-9-. The molecule has 0 bridgehead atoms. The molecule has 156 valence electrons. The number of nitrogens with zero attached hydrogens (tertiary/aromatic N) is 2. The Kier molecular flexibility index (Phi) is 7.30. The Morgan fingerprint density at radius 3 is 2.55 bits per heavy atom. The fraction of sp³-hybridized carbons (Fsp3) is 0.176. The molecule has 0 aliphatic rings. The summed E-state index contributed by atoms with van der Waals surface area (Å²) < 4.78 is 64.3. The number of halogens is 5. The summed E-state index contributed by atoms with van der Waals surface area (Å²) >= 11 is 9.17. The molecule has 0 unspecified atom stereocenters. The second-order valence-corrected chi connectivity index (χ2v) is 9.01. The van der Waals surface area contributed by atoms with E-state index in [1.165, 1.54) is 6.21 Å². The predicted octanol–water partition coefficient (Wildman–Crippen LogP) is 4.04. The van der Waals surface area contributed by atoms with E-state index in [-0.39, 0.29) is 5.02 Å². The fourth-order valence-electron chi connectivity index (χ4n) is 2.19. The maximum Gasteiger partial charge on any atom is 0.416 e. The maximum absolute atomic E-state index is 13.0. The van der Waals surface area contributed by atoms with Crippen molar-refractivity contribution >= 4 is 55.4 Å². The van der Waals surface area contributed by atoms with E-state index in [0.717, 1.165) is 16.8 Å². The van der Waals surface area contributed by atoms with Gasteiger partial charge in [-0.2, -0.15) is 18.3 Å². The second kappa shape index (κ2) is 9.14. The lowest BCUT2D eigenvalue weighted by molar-refractivity contribution is -0.137. The molecule has 1 N–H and O–H groups in total. The van der Waals surface area contributed by atoms with Crippen molar-refractivity contribution in [1.29, 1.82) is 0 Å². The van der Waals surface area contributed by atoms with Crippen molar-refractivity contribution in [2.45, 2.75) is 6.18 Å². The number of nitrogens with one attached hydrogen (secondary N) is 1. The minimum atomic E-state index is -4.71. The minimum absolute atomic E-state index is 0.256. The Morgan fingerprint density at radius 2 is 1.97 bits per heavy atom. The van der Waals surface area contributed by atoms with E-state index in [1.807, 2.05) is 0 Å². The van der Waals surface area contributed by atoms with E-state index in [4.69, 9.17) is 11.6 Å². The lowest BCUT2D eigenvalue weighted by Gasteiger charge is -2.23. The number of hydrazone groups is 1. The molecule has 0 aliphatic carbocycles. The van der Waals surface area contributed by atoms with Gasteiger partial charge >= 0.3 is 6.18 Å². The third-order valence-corrected chi connectivity index (χ3v) is 5.42. The van der Waals surface area contributed by atoms with E-state index in [9.17, 15) is 26.4 Å². The summed E-state index contributed by atoms with van der Waals surface area (Å²) in [7, 11) is -4.12. The van der Waals surface area contributed by atoms with Crippen molar-refractivity contribution in [2.75, 3.05) is 17.1 Å². The van der Waals surface area contributed by atoms with Gasteiger partial charge in [-0.25, -0.2) is 13.8 Å². The van der Waals surface area contributed by atoms with Crippen molar-refractivity contribution in [3.05, 3.63) is 63.1 Å². The third kappa shape index (κ3) is 6.72. The molecule has 29 heavy (non-hydrogen) atoms. The van der Waals surface area contributed by atoms with Gasteiger partial charge in [0.2, 0.25) is 10.0 Å². The highest BCUT2D eigenvalue weighted by atomic mass is 79.9. The van der Waals surface area contributed by atoms with Crippen molar-refractivity contribution in [1.82, 2.24) is 5.43 Å². The van der Waals surface area contributed by atoms with E-state index in [2.05, 4.69) is 26.5 Å². The zero-order valence-electron chi connectivity index (χ0n) is 14.7. The molecule has 2 aromatic carbocycles. The number of hydrogen-bond donors (Lipinski definition) is 1. The molecule has 2 rings (SSSR count). The van der Waals surface area contributed by atoms with E-state index < -0.39 is 39.9 Å². The molecule has 0 saturated heterocycles. The number of rotatable bonds is 6. The van der Waals surface area contributed by atoms with Crippen LogP contribution < -0.4 is 9.73 Å². The van der Waals surface area contributed by atoms with Gasteiger partial charge in [0.05, 0.1) is 28.7 Å². The summed E-state index contributed by atoms with van der Waals surface area (Å²) in [6.45, 7) is -0.810. The molecule has 12 heteroatoms. The number of sulfonamides is 1. The summed E-state index contributed by atoms with van der Waals surface area (Å²) in [5, 5.41) is 3.46. The van der Waals surface area contributed by atoms with Crippen LogP contribution in [0.1, 0.15) is 11.1 Å². The third-order valence-electron chi connectivity index (χ3n) is 3.48. The summed E-state index contributed by atoms with van der Waals surface area (Å²) in [6.07, 6.45) is -2.63. The van der Waals surface area contributed by atoms with Crippen LogP contribution in [-0.4, -0.2) is 33.3 Å². The monoisotopic (exact) mass is 511 g/mol. The molecule has 0 atom stereocenters. The van der Waals surface area contributed by atoms with Crippen LogP contribution in [-0.2, 0) is 21.0 Å². The minimum Gasteiger partial charge on any atom is -0.271 e. The first-order valence-corrected chi connectivity index (χ1v) is 10.8. The van der Waals surface area contributed by atoms with Gasteiger partial charge in [0.15, 0.2) is 0 Å². The van der Waals surface area contributed by atoms with Gasteiger partial charge in [-0.1, -0.05) is 39.7 Å². The van der Waals surface area contributed by atoms with Gasteiger partial charge in [-0.05, 0) is 35.9 Å². The van der Waals surface area contributed by atoms with Crippen molar-refractivity contribution in [3.8, 4) is 0 Å². The lowest BCUT2D eigenvalue weighted by atomic mass is 10.2. The maximum atomic E-state index is 13.0. The Labute approximate surface area is 178 Å². The Hall–Kier alpha value is -2.11. The van der Waals surface area contributed by atoms with E-state index in [1.54, 1.807) is 24.3 Å². The fourth-order valence-corrected chi connectivity index (χ4v) is 3.74. The van der Waals surface area contributed by atoms with Gasteiger partial charge in [0, 0.05) is 4.47 Å². The highest BCUT2D eigenvalue weighted by Crippen LogP contribution is 2.36. The zero-order chi connectivity index (χ0) is 21.8. The lowest BCUT2D eigenvalue weighted by Crippen LogP contribution is -2.39. The molecule has 6 nitrogen and oxygen atoms in total. The van der Waals surface area contributed by atoms with Crippen LogP contribution in [0.25, 0.3) is 0 Å². The van der Waals surface area contributed by atoms with Crippen LogP contribution in [0.3, 0.4) is 0 Å². The van der Waals surface area contributed by atoms with Crippen LogP contribution in [0.15, 0.2) is 52.0 Å². The van der Waals surface area contributed by atoms with Crippen LogP contribution in [0.2, 0.25) is 5.02 Å². The molecule has 0 heterocycles. The molecule has 0 saturated carbocycles. The number of amides is 1. The second-order valence-electron chi connectivity index (χ2n) is 5.78. The van der Waals surface area contributed by atoms with Crippen LogP contribution in [0.5, 0.6) is 0 Å². The molecular formula is C17H14BrClF3N3O3S. The molecule has 0 fully saturated rings. The molecule has 2 aromatic rings. The summed E-state index contributed by atoms with van der Waals surface area (Å²) in [5.74, 6) is -0.866. The molecular weight excluding hydrogens is 499 g/mol. The number of benzene rings is 2. The van der Waals surface area contributed by atoms with E-state index in [0.29, 0.717) is 22.0 Å².